The van der Waals surface area contributed by atoms with Crippen LogP contribution >= 0.6 is 0 Å². The molecule has 0 aliphatic rings. The van der Waals surface area contributed by atoms with Crippen LogP contribution in [0.5, 0.6) is 11.5 Å². The summed E-state index contributed by atoms with van der Waals surface area (Å²) in [6.45, 7) is 6.66. The Morgan fingerprint density at radius 2 is 0.891 bits per heavy atom. The van der Waals surface area contributed by atoms with Gasteiger partial charge in [0, 0.05) is 56.8 Å². The predicted molar refractivity (Wildman–Crippen MR) is 257 cm³/mol. The van der Waals surface area contributed by atoms with Crippen molar-refractivity contribution in [2.24, 2.45) is 0 Å². The number of methoxy groups -OCH3 is 2. The summed E-state index contributed by atoms with van der Waals surface area (Å²) in [4.78, 5) is 37.2. The Morgan fingerprint density at radius 1 is 0.484 bits per heavy atom. The molecule has 0 saturated carbocycles. The van der Waals surface area contributed by atoms with Crippen LogP contribution < -0.4 is 9.47 Å². The Bertz CT molecular complexity index is 2680. The van der Waals surface area contributed by atoms with Gasteiger partial charge in [-0.05, 0) is 111 Å². The zero-order valence-electron chi connectivity index (χ0n) is 37.5. The van der Waals surface area contributed by atoms with Gasteiger partial charge in [0.25, 0.3) is 0 Å². The predicted octanol–water partition coefficient (Wildman–Crippen LogP) is 13.0. The van der Waals surface area contributed by atoms with Crippen LogP contribution in [0.25, 0.3) is 66.1 Å². The standard InChI is InChI=1S/C54H58N4O6/c1-5-7-15-31-57-47-21-13-11-19-41(47)43-35-45(55-49(51(43)57)37-23-27-39(61-3)28-24-37)53(59)63-33-17-9-10-18-34-64-54(60)46-36-44-42-20-12-14-22-48(42)58(32-16-8-6-2)52(44)50(56-46)38-25-29-40(62-4)30-26-38/h11-14,19-30,35-36H,5-10,15-18,31-34H2,1-4H3. The van der Waals surface area contributed by atoms with Crippen LogP contribution in [0.15, 0.2) is 109 Å². The number of aryl methyl sites for hydroxylation is 2. The molecule has 0 N–H and O–H groups in total. The quantitative estimate of drug-likeness (QED) is 0.0519. The summed E-state index contributed by atoms with van der Waals surface area (Å²) in [5.41, 5.74) is 8.14. The lowest BCUT2D eigenvalue weighted by Gasteiger charge is -2.13. The second kappa shape index (κ2) is 20.7. The number of ether oxygens (including phenoxy) is 4. The Balaban J connectivity index is 0.920. The minimum absolute atomic E-state index is 0.263. The molecule has 0 atom stereocenters. The Kier molecular flexibility index (Phi) is 14.2. The van der Waals surface area contributed by atoms with Crippen molar-refractivity contribution in [2.75, 3.05) is 27.4 Å². The number of rotatable bonds is 21. The van der Waals surface area contributed by atoms with Gasteiger partial charge in [-0.3, -0.25) is 0 Å². The summed E-state index contributed by atoms with van der Waals surface area (Å²) in [6, 6.07) is 36.1. The van der Waals surface area contributed by atoms with Crippen molar-refractivity contribution in [2.45, 2.75) is 91.1 Å². The van der Waals surface area contributed by atoms with Crippen molar-refractivity contribution < 1.29 is 28.5 Å². The highest BCUT2D eigenvalue weighted by Gasteiger charge is 2.23. The summed E-state index contributed by atoms with van der Waals surface area (Å²) >= 11 is 0. The van der Waals surface area contributed by atoms with Crippen molar-refractivity contribution in [1.82, 2.24) is 19.1 Å². The van der Waals surface area contributed by atoms with Crippen LogP contribution in [-0.2, 0) is 22.6 Å². The van der Waals surface area contributed by atoms with E-state index < -0.39 is 11.9 Å². The number of esters is 2. The molecule has 0 bridgehead atoms. The molecule has 0 fully saturated rings. The van der Waals surface area contributed by atoms with Gasteiger partial charge in [0.2, 0.25) is 0 Å². The van der Waals surface area contributed by atoms with E-state index >= 15 is 0 Å². The summed E-state index contributed by atoms with van der Waals surface area (Å²) in [6.07, 6.45) is 9.57. The number of para-hydroxylation sites is 2. The molecule has 0 radical (unpaired) electrons. The third kappa shape index (κ3) is 9.32. The molecule has 0 saturated heterocycles. The molecular formula is C54H58N4O6. The topological polar surface area (TPSA) is 107 Å². The number of hydrogen-bond donors (Lipinski definition) is 0. The van der Waals surface area contributed by atoms with Crippen LogP contribution in [0.4, 0.5) is 0 Å². The molecule has 0 aliphatic heterocycles. The number of pyridine rings is 2. The number of aromatic nitrogens is 4. The highest BCUT2D eigenvalue weighted by Crippen LogP contribution is 2.38. The molecule has 4 aromatic carbocycles. The van der Waals surface area contributed by atoms with Crippen molar-refractivity contribution in [1.29, 1.82) is 0 Å². The fourth-order valence-electron chi connectivity index (χ4n) is 8.80. The van der Waals surface area contributed by atoms with E-state index in [0.29, 0.717) is 12.8 Å². The van der Waals surface area contributed by atoms with Gasteiger partial charge in [-0.1, -0.05) is 75.9 Å². The third-order valence-corrected chi connectivity index (χ3v) is 12.1. The van der Waals surface area contributed by atoms with Crippen molar-refractivity contribution in [3.05, 3.63) is 121 Å². The first-order valence-electron chi connectivity index (χ1n) is 22.9. The molecule has 10 heteroatoms. The highest BCUT2D eigenvalue weighted by atomic mass is 16.5. The number of fused-ring (bicyclic) bond motifs is 6. The second-order valence-corrected chi connectivity index (χ2v) is 16.4. The van der Waals surface area contributed by atoms with Gasteiger partial charge in [-0.2, -0.15) is 0 Å². The van der Waals surface area contributed by atoms with Gasteiger partial charge in [0.15, 0.2) is 0 Å². The Labute approximate surface area is 375 Å². The van der Waals surface area contributed by atoms with Crippen LogP contribution in [0.2, 0.25) is 0 Å². The van der Waals surface area contributed by atoms with Crippen molar-refractivity contribution in [3.8, 4) is 34.0 Å². The van der Waals surface area contributed by atoms with Crippen LogP contribution in [-0.4, -0.2) is 58.5 Å². The molecule has 0 unspecified atom stereocenters. The van der Waals surface area contributed by atoms with Gasteiger partial charge in [0.05, 0.1) is 49.9 Å². The normalized spacial score (nSPS) is 11.5. The number of unbranched alkanes of at least 4 members (excludes halogenated alkanes) is 7. The summed E-state index contributed by atoms with van der Waals surface area (Å²) in [7, 11) is 3.30. The van der Waals surface area contributed by atoms with Gasteiger partial charge in [-0.25, -0.2) is 19.6 Å². The Morgan fingerprint density at radius 3 is 1.28 bits per heavy atom. The molecule has 0 aliphatic carbocycles. The second-order valence-electron chi connectivity index (χ2n) is 16.4. The fraction of sp³-hybridized carbons (Fsp3) is 0.333. The van der Waals surface area contributed by atoms with Gasteiger partial charge in [-0.15, -0.1) is 0 Å². The highest BCUT2D eigenvalue weighted by molar-refractivity contribution is 6.14. The monoisotopic (exact) mass is 858 g/mol. The summed E-state index contributed by atoms with van der Waals surface area (Å²) in [5.74, 6) is 0.611. The summed E-state index contributed by atoms with van der Waals surface area (Å²) < 4.78 is 27.2. The van der Waals surface area contributed by atoms with Crippen LogP contribution in [0, 0.1) is 0 Å². The van der Waals surface area contributed by atoms with E-state index in [1.807, 2.05) is 72.8 Å². The van der Waals surface area contributed by atoms with E-state index in [4.69, 9.17) is 28.9 Å². The fourth-order valence-corrected chi connectivity index (χ4v) is 8.80. The molecule has 64 heavy (non-hydrogen) atoms. The molecule has 8 rings (SSSR count). The maximum absolute atomic E-state index is 13.6. The molecule has 0 amide bonds. The van der Waals surface area contributed by atoms with E-state index in [1.54, 1.807) is 14.2 Å². The first-order valence-corrected chi connectivity index (χ1v) is 22.9. The van der Waals surface area contributed by atoms with Crippen molar-refractivity contribution >= 4 is 55.6 Å². The van der Waals surface area contributed by atoms with E-state index in [0.717, 1.165) is 142 Å². The van der Waals surface area contributed by atoms with Crippen LogP contribution in [0.1, 0.15) is 99.0 Å². The maximum atomic E-state index is 13.6. The van der Waals surface area contributed by atoms with E-state index in [9.17, 15) is 9.59 Å². The molecule has 8 aromatic rings. The number of hydrogen-bond acceptors (Lipinski definition) is 8. The van der Waals surface area contributed by atoms with Crippen molar-refractivity contribution in [3.63, 3.8) is 0 Å². The average molecular weight is 859 g/mol. The first-order chi connectivity index (χ1) is 31.4. The molecular weight excluding hydrogens is 801 g/mol. The SMILES string of the molecule is CCCCCn1c2ccccc2c2cc(C(=O)OCCCCCCOC(=O)c3cc4c5ccccc5n(CCCCC)c4c(-c4ccc(OC)cc4)n3)nc(-c3ccc(OC)cc3)c21. The molecule has 0 spiro atoms. The lowest BCUT2D eigenvalue weighted by molar-refractivity contribution is 0.0467. The molecule has 4 aromatic heterocycles. The minimum atomic E-state index is -0.448. The van der Waals surface area contributed by atoms with E-state index in [-0.39, 0.29) is 24.6 Å². The summed E-state index contributed by atoms with van der Waals surface area (Å²) in [5, 5.41) is 4.13. The van der Waals surface area contributed by atoms with E-state index in [1.165, 1.54) is 0 Å². The molecule has 330 valence electrons. The minimum Gasteiger partial charge on any atom is -0.497 e. The number of carbonyl (C=O) groups is 2. The van der Waals surface area contributed by atoms with Gasteiger partial charge in [0.1, 0.15) is 22.9 Å². The number of carbonyl (C=O) groups excluding carboxylic acids is 2. The Hall–Kier alpha value is -6.68. The molecule has 4 heterocycles. The molecule has 10 nitrogen and oxygen atoms in total. The van der Waals surface area contributed by atoms with Gasteiger partial charge >= 0.3 is 11.9 Å². The zero-order valence-corrected chi connectivity index (χ0v) is 37.5. The van der Waals surface area contributed by atoms with Crippen LogP contribution in [0.3, 0.4) is 0 Å². The lowest BCUT2D eigenvalue weighted by atomic mass is 10.1. The zero-order chi connectivity index (χ0) is 44.4. The lowest BCUT2D eigenvalue weighted by Crippen LogP contribution is -2.11. The van der Waals surface area contributed by atoms with Gasteiger partial charge < -0.3 is 28.1 Å². The maximum Gasteiger partial charge on any atom is 0.356 e. The first kappa shape index (κ1) is 43.9. The number of benzene rings is 4. The number of nitrogens with zero attached hydrogens (tertiary/aromatic N) is 4. The average Bonchev–Trinajstić information content (AvgIpc) is 3.83. The third-order valence-electron chi connectivity index (χ3n) is 12.1. The largest absolute Gasteiger partial charge is 0.497 e. The van der Waals surface area contributed by atoms with E-state index in [2.05, 4.69) is 59.4 Å². The smallest absolute Gasteiger partial charge is 0.356 e.